The summed E-state index contributed by atoms with van der Waals surface area (Å²) in [4.78, 5) is 37.6. The SMILES string of the molecule is COc1ccc2c3c1O[C@@H]1C(OC(=O)[C@H](C)OC(=O)[C@H](C)OC(=O)CCCCCN)=CC[C@]4(O)[C@@H](CCC[C@@]314)C2. The average Bonchev–Trinajstić information content (AvgIpc) is 3.27. The minimum absolute atomic E-state index is 0.0671. The van der Waals surface area contributed by atoms with E-state index in [9.17, 15) is 19.5 Å². The summed E-state index contributed by atoms with van der Waals surface area (Å²) in [5.41, 5.74) is 5.75. The molecule has 10 nitrogen and oxygen atoms in total. The molecule has 0 saturated heterocycles. The molecule has 0 unspecified atom stereocenters. The fourth-order valence-corrected chi connectivity index (χ4v) is 7.09. The number of aliphatic hydroxyl groups is 1. The monoisotopic (exact) mass is 557 g/mol. The second kappa shape index (κ2) is 11.0. The molecule has 5 rings (SSSR count). The third-order valence-electron chi connectivity index (χ3n) is 9.04. The first-order valence-corrected chi connectivity index (χ1v) is 14.3. The summed E-state index contributed by atoms with van der Waals surface area (Å²) in [6.07, 6.45) is 4.60. The number of ether oxygens (including phenoxy) is 5. The fraction of sp³-hybridized carbons (Fsp3) is 0.633. The molecule has 1 aromatic rings. The molecular weight excluding hydrogens is 518 g/mol. The van der Waals surface area contributed by atoms with Gasteiger partial charge in [0.1, 0.15) is 5.76 Å². The molecule has 1 heterocycles. The lowest BCUT2D eigenvalue weighted by atomic mass is 9.47. The normalized spacial score (nSPS) is 28.8. The number of benzene rings is 1. The van der Waals surface area contributed by atoms with E-state index in [4.69, 9.17) is 29.4 Å². The lowest BCUT2D eigenvalue weighted by Gasteiger charge is -2.59. The Morgan fingerprint density at radius 1 is 1.12 bits per heavy atom. The summed E-state index contributed by atoms with van der Waals surface area (Å²) in [6, 6.07) is 3.93. The lowest BCUT2D eigenvalue weighted by Crippen LogP contribution is -2.67. The zero-order chi connectivity index (χ0) is 28.7. The van der Waals surface area contributed by atoms with Crippen LogP contribution in [0, 0.1) is 5.92 Å². The molecule has 3 aliphatic carbocycles. The molecular formula is C30H39NO9. The van der Waals surface area contributed by atoms with Gasteiger partial charge in [0.25, 0.3) is 0 Å². The molecule has 1 saturated carbocycles. The summed E-state index contributed by atoms with van der Waals surface area (Å²) in [5, 5.41) is 12.1. The van der Waals surface area contributed by atoms with E-state index >= 15 is 0 Å². The number of nitrogens with two attached hydrogens (primary N) is 1. The van der Waals surface area contributed by atoms with Crippen molar-refractivity contribution in [1.29, 1.82) is 0 Å². The van der Waals surface area contributed by atoms with Crippen LogP contribution in [-0.4, -0.2) is 60.6 Å². The second-order valence-electron chi connectivity index (χ2n) is 11.4. The van der Waals surface area contributed by atoms with Crippen LogP contribution in [0.2, 0.25) is 0 Å². The molecule has 0 radical (unpaired) electrons. The molecule has 1 aliphatic heterocycles. The van der Waals surface area contributed by atoms with Crippen LogP contribution in [0.3, 0.4) is 0 Å². The van der Waals surface area contributed by atoms with Gasteiger partial charge in [0.15, 0.2) is 29.8 Å². The lowest BCUT2D eigenvalue weighted by molar-refractivity contribution is -0.178. The first kappa shape index (κ1) is 28.4. The number of hydrogen-bond acceptors (Lipinski definition) is 10. The molecule has 6 atom stereocenters. The summed E-state index contributed by atoms with van der Waals surface area (Å²) < 4.78 is 28.3. The zero-order valence-electron chi connectivity index (χ0n) is 23.4. The van der Waals surface area contributed by atoms with Gasteiger partial charge in [-0.2, -0.15) is 0 Å². The van der Waals surface area contributed by atoms with Gasteiger partial charge in [-0.3, -0.25) is 4.79 Å². The quantitative estimate of drug-likeness (QED) is 0.237. The van der Waals surface area contributed by atoms with Crippen LogP contribution in [0.4, 0.5) is 0 Å². The van der Waals surface area contributed by atoms with Gasteiger partial charge in [-0.15, -0.1) is 0 Å². The molecule has 2 bridgehead atoms. The number of unbranched alkanes of at least 4 members (excludes halogenated alkanes) is 2. The molecule has 0 aromatic heterocycles. The van der Waals surface area contributed by atoms with Gasteiger partial charge in [-0.1, -0.05) is 18.9 Å². The van der Waals surface area contributed by atoms with Crippen LogP contribution < -0.4 is 15.2 Å². The van der Waals surface area contributed by atoms with E-state index in [1.165, 1.54) is 13.8 Å². The van der Waals surface area contributed by atoms with Gasteiger partial charge >= 0.3 is 17.9 Å². The summed E-state index contributed by atoms with van der Waals surface area (Å²) >= 11 is 0. The van der Waals surface area contributed by atoms with E-state index in [2.05, 4.69) is 0 Å². The molecule has 10 heteroatoms. The van der Waals surface area contributed by atoms with Crippen LogP contribution in [0.25, 0.3) is 0 Å². The largest absolute Gasteiger partial charge is 0.493 e. The minimum Gasteiger partial charge on any atom is -0.493 e. The van der Waals surface area contributed by atoms with Gasteiger partial charge < -0.3 is 34.5 Å². The van der Waals surface area contributed by atoms with E-state index in [-0.39, 0.29) is 12.3 Å². The Hall–Kier alpha value is -3.11. The Bertz CT molecular complexity index is 1210. The topological polar surface area (TPSA) is 144 Å². The number of esters is 3. The van der Waals surface area contributed by atoms with Crippen molar-refractivity contribution >= 4 is 17.9 Å². The molecule has 1 aromatic carbocycles. The highest BCUT2D eigenvalue weighted by Crippen LogP contribution is 2.67. The number of carbonyl (C=O) groups is 3. The highest BCUT2D eigenvalue weighted by atomic mass is 16.6. The van der Waals surface area contributed by atoms with Gasteiger partial charge in [0.2, 0.25) is 0 Å². The number of hydrogen-bond donors (Lipinski definition) is 2. The van der Waals surface area contributed by atoms with E-state index in [0.717, 1.165) is 43.2 Å². The summed E-state index contributed by atoms with van der Waals surface area (Å²) in [6.45, 7) is 3.36. The van der Waals surface area contributed by atoms with Gasteiger partial charge in [-0.25, -0.2) is 9.59 Å². The third kappa shape index (κ3) is 4.55. The molecule has 4 aliphatic rings. The zero-order valence-corrected chi connectivity index (χ0v) is 23.4. The van der Waals surface area contributed by atoms with Crippen molar-refractivity contribution in [1.82, 2.24) is 0 Å². The van der Waals surface area contributed by atoms with Crippen molar-refractivity contribution in [3.63, 3.8) is 0 Å². The predicted octanol–water partition coefficient (Wildman–Crippen LogP) is 2.99. The fourth-order valence-electron chi connectivity index (χ4n) is 7.09. The van der Waals surface area contributed by atoms with Crippen molar-refractivity contribution in [2.24, 2.45) is 11.7 Å². The van der Waals surface area contributed by atoms with Crippen molar-refractivity contribution in [3.8, 4) is 11.5 Å². The van der Waals surface area contributed by atoms with Crippen LogP contribution in [0.15, 0.2) is 24.0 Å². The van der Waals surface area contributed by atoms with Gasteiger partial charge in [-0.05, 0) is 82.5 Å². The van der Waals surface area contributed by atoms with Crippen molar-refractivity contribution in [3.05, 3.63) is 35.1 Å². The van der Waals surface area contributed by atoms with Crippen molar-refractivity contribution in [2.45, 2.75) is 101 Å². The molecule has 3 N–H and O–H groups in total. The Morgan fingerprint density at radius 2 is 1.90 bits per heavy atom. The molecule has 1 fully saturated rings. The molecule has 218 valence electrons. The standard InChI is InChI=1S/C30H39NO9/c1-17(37-23(32)9-5-4-6-15-31)27(33)38-18(2)28(34)39-22-12-14-30(35)20-8-7-13-29(30)24-19(16-20)10-11-21(36-3)25(24)40-26(22)29/h10-12,17-18,20,26,35H,4-9,13-16,31H2,1-3H3/t17-,18-,20-,26+,29+,30-/m0/s1. The van der Waals surface area contributed by atoms with Crippen LogP contribution in [0.5, 0.6) is 11.5 Å². The highest BCUT2D eigenvalue weighted by molar-refractivity contribution is 5.83. The van der Waals surface area contributed by atoms with Crippen LogP contribution in [-0.2, 0) is 40.4 Å². The average molecular weight is 558 g/mol. The van der Waals surface area contributed by atoms with Crippen LogP contribution in [0.1, 0.15) is 76.3 Å². The first-order chi connectivity index (χ1) is 19.2. The molecule has 0 amide bonds. The molecule has 1 spiro atoms. The van der Waals surface area contributed by atoms with E-state index in [1.807, 2.05) is 12.1 Å². The number of carbonyl (C=O) groups excluding carboxylic acids is 3. The Balaban J connectivity index is 1.27. The molecule has 40 heavy (non-hydrogen) atoms. The van der Waals surface area contributed by atoms with E-state index in [1.54, 1.807) is 13.2 Å². The smallest absolute Gasteiger partial charge is 0.352 e. The van der Waals surface area contributed by atoms with Crippen molar-refractivity contribution in [2.75, 3.05) is 13.7 Å². The Morgan fingerprint density at radius 3 is 2.65 bits per heavy atom. The van der Waals surface area contributed by atoms with E-state index in [0.29, 0.717) is 43.1 Å². The first-order valence-electron chi connectivity index (χ1n) is 14.3. The van der Waals surface area contributed by atoms with Crippen molar-refractivity contribution < 1.29 is 43.2 Å². The Kier molecular flexibility index (Phi) is 7.85. The van der Waals surface area contributed by atoms with Gasteiger partial charge in [0.05, 0.1) is 18.1 Å². The second-order valence-corrected chi connectivity index (χ2v) is 11.4. The minimum atomic E-state index is -1.25. The Labute approximate surface area is 234 Å². The number of methoxy groups -OCH3 is 1. The maximum atomic E-state index is 13.1. The number of rotatable bonds is 11. The third-order valence-corrected chi connectivity index (χ3v) is 9.04. The van der Waals surface area contributed by atoms with Crippen LogP contribution >= 0.6 is 0 Å². The summed E-state index contributed by atoms with van der Waals surface area (Å²) in [5.74, 6) is -0.612. The summed E-state index contributed by atoms with van der Waals surface area (Å²) in [7, 11) is 1.58. The maximum Gasteiger partial charge on any atom is 0.352 e. The predicted molar refractivity (Wildman–Crippen MR) is 143 cm³/mol. The van der Waals surface area contributed by atoms with E-state index < -0.39 is 47.2 Å². The van der Waals surface area contributed by atoms with Gasteiger partial charge in [0, 0.05) is 12.0 Å². The maximum absolute atomic E-state index is 13.1. The highest BCUT2D eigenvalue weighted by Gasteiger charge is 2.71.